The van der Waals surface area contributed by atoms with E-state index in [1.54, 1.807) is 0 Å². The summed E-state index contributed by atoms with van der Waals surface area (Å²) in [5.74, 6) is 0.423. The third-order valence-corrected chi connectivity index (χ3v) is 7.04. The Labute approximate surface area is 185 Å². The van der Waals surface area contributed by atoms with Gasteiger partial charge < -0.3 is 4.90 Å². The average Bonchev–Trinajstić information content (AvgIpc) is 3.16. The zero-order valence-electron chi connectivity index (χ0n) is 16.8. The number of nitrogens with zero attached hydrogens (tertiary/aromatic N) is 2. The van der Waals surface area contributed by atoms with Gasteiger partial charge in [-0.15, -0.1) is 11.3 Å². The fraction of sp³-hybridized carbons (Fsp3) is 0.292. The van der Waals surface area contributed by atoms with E-state index in [-0.39, 0.29) is 11.7 Å². The van der Waals surface area contributed by atoms with E-state index in [9.17, 15) is 9.59 Å². The average molecular weight is 439 g/mol. The minimum Gasteiger partial charge on any atom is -0.371 e. The second kappa shape index (κ2) is 9.11. The van der Waals surface area contributed by atoms with Crippen molar-refractivity contribution in [3.63, 3.8) is 0 Å². The number of carbonyl (C=O) groups excluding carboxylic acids is 2. The van der Waals surface area contributed by atoms with Crippen LogP contribution in [0.5, 0.6) is 0 Å². The first-order chi connectivity index (χ1) is 14.5. The Bertz CT molecular complexity index is 1060. The van der Waals surface area contributed by atoms with E-state index in [4.69, 9.17) is 11.6 Å². The first-order valence-electron chi connectivity index (χ1n) is 10.1. The first kappa shape index (κ1) is 20.8. The molecule has 4 nitrogen and oxygen atoms in total. The molecule has 1 saturated heterocycles. The number of Topliss-reactive ketones (excluding diaryl/α,β-unsaturated/α-hetero) is 1. The van der Waals surface area contributed by atoms with E-state index in [1.807, 2.05) is 55.5 Å². The molecule has 1 aliphatic rings. The molecule has 0 N–H and O–H groups in total. The van der Waals surface area contributed by atoms with Crippen LogP contribution < -0.4 is 4.90 Å². The van der Waals surface area contributed by atoms with Gasteiger partial charge in [0.15, 0.2) is 12.1 Å². The smallest absolute Gasteiger partial charge is 0.175 e. The van der Waals surface area contributed by atoms with Crippen molar-refractivity contribution in [2.24, 2.45) is 5.92 Å². The van der Waals surface area contributed by atoms with Gasteiger partial charge in [-0.05, 0) is 49.9 Å². The van der Waals surface area contributed by atoms with Crippen LogP contribution in [0.25, 0.3) is 10.6 Å². The molecule has 0 amide bonds. The number of aromatic nitrogens is 1. The molecule has 6 heteroatoms. The lowest BCUT2D eigenvalue weighted by Crippen LogP contribution is -2.36. The van der Waals surface area contributed by atoms with E-state index < -0.39 is 0 Å². The Hall–Kier alpha value is -2.50. The quantitative estimate of drug-likeness (QED) is 0.346. The van der Waals surface area contributed by atoms with E-state index in [1.165, 1.54) is 11.3 Å². The van der Waals surface area contributed by atoms with Crippen molar-refractivity contribution in [1.29, 1.82) is 0 Å². The van der Waals surface area contributed by atoms with Gasteiger partial charge in [0.05, 0.1) is 10.6 Å². The highest BCUT2D eigenvalue weighted by Crippen LogP contribution is 2.32. The molecule has 0 bridgehead atoms. The van der Waals surface area contributed by atoms with Gasteiger partial charge in [-0.25, -0.2) is 4.98 Å². The lowest BCUT2D eigenvalue weighted by Gasteiger charge is -2.34. The summed E-state index contributed by atoms with van der Waals surface area (Å²) in [5.41, 5.74) is 3.42. The fourth-order valence-electron chi connectivity index (χ4n) is 4.05. The van der Waals surface area contributed by atoms with Gasteiger partial charge in [-0.1, -0.05) is 35.9 Å². The topological polar surface area (TPSA) is 50.3 Å². The molecular weight excluding hydrogens is 416 g/mol. The van der Waals surface area contributed by atoms with Gasteiger partial charge >= 0.3 is 0 Å². The third-order valence-electron chi connectivity index (χ3n) is 5.54. The van der Waals surface area contributed by atoms with Gasteiger partial charge in [0.1, 0.15) is 5.01 Å². The molecular formula is C24H23ClN2O2S. The number of carbonyl (C=O) groups is 2. The Morgan fingerprint density at radius 3 is 2.77 bits per heavy atom. The van der Waals surface area contributed by atoms with Crippen LogP contribution in [-0.2, 0) is 0 Å². The number of aldehydes is 1. The maximum atomic E-state index is 13.1. The minimum atomic E-state index is 0.153. The molecule has 3 aromatic rings. The predicted octanol–water partition coefficient (Wildman–Crippen LogP) is 6.07. The van der Waals surface area contributed by atoms with E-state index in [2.05, 4.69) is 9.88 Å². The van der Waals surface area contributed by atoms with Crippen molar-refractivity contribution in [1.82, 2.24) is 4.98 Å². The van der Waals surface area contributed by atoms with E-state index in [0.717, 1.165) is 59.0 Å². The van der Waals surface area contributed by atoms with Gasteiger partial charge in [0.2, 0.25) is 0 Å². The summed E-state index contributed by atoms with van der Waals surface area (Å²) >= 11 is 7.43. The van der Waals surface area contributed by atoms with Gasteiger partial charge in [-0.2, -0.15) is 0 Å². The monoisotopic (exact) mass is 438 g/mol. The number of piperidine rings is 1. The molecule has 154 valence electrons. The number of benzene rings is 2. The maximum absolute atomic E-state index is 13.1. The van der Waals surface area contributed by atoms with Crippen LogP contribution in [0.2, 0.25) is 5.02 Å². The SMILES string of the molecule is Cc1nc(-c2ccc(Cl)cc2)sc1C(=O)CC1CCCN(c2ccccc2C=O)C1. The highest BCUT2D eigenvalue weighted by Gasteiger charge is 2.26. The summed E-state index contributed by atoms with van der Waals surface area (Å²) in [5, 5.41) is 1.53. The van der Waals surface area contributed by atoms with Crippen LogP contribution in [0.15, 0.2) is 48.5 Å². The van der Waals surface area contributed by atoms with E-state index >= 15 is 0 Å². The summed E-state index contributed by atoms with van der Waals surface area (Å²) in [6.07, 6.45) is 3.45. The number of hydrogen-bond acceptors (Lipinski definition) is 5. The van der Waals surface area contributed by atoms with Crippen molar-refractivity contribution in [3.8, 4) is 10.6 Å². The Kier molecular flexibility index (Phi) is 6.30. The summed E-state index contributed by atoms with van der Waals surface area (Å²) in [6, 6.07) is 15.2. The van der Waals surface area contributed by atoms with Crippen molar-refractivity contribution in [2.45, 2.75) is 26.2 Å². The molecule has 0 radical (unpaired) electrons. The number of aryl methyl sites for hydroxylation is 1. The van der Waals surface area contributed by atoms with Crippen molar-refractivity contribution < 1.29 is 9.59 Å². The van der Waals surface area contributed by atoms with Crippen LogP contribution in [0.3, 0.4) is 0 Å². The number of thiazole rings is 1. The van der Waals surface area contributed by atoms with Crippen molar-refractivity contribution in [3.05, 3.63) is 69.7 Å². The molecule has 1 aliphatic heterocycles. The number of hydrogen-bond donors (Lipinski definition) is 0. The van der Waals surface area contributed by atoms with Crippen LogP contribution in [0.4, 0.5) is 5.69 Å². The fourth-order valence-corrected chi connectivity index (χ4v) is 5.20. The van der Waals surface area contributed by atoms with Crippen LogP contribution in [-0.4, -0.2) is 30.1 Å². The number of ketones is 1. The first-order valence-corrected chi connectivity index (χ1v) is 11.3. The Balaban J connectivity index is 1.47. The summed E-state index contributed by atoms with van der Waals surface area (Å²) < 4.78 is 0. The standard InChI is InChI=1S/C24H23ClN2O2S/c1-16-23(30-24(26-16)18-8-10-20(25)11-9-18)22(29)13-17-5-4-12-27(14-17)21-7-3-2-6-19(21)15-28/h2-3,6-11,15,17H,4-5,12-14H2,1H3. The van der Waals surface area contributed by atoms with Crippen molar-refractivity contribution in [2.75, 3.05) is 18.0 Å². The number of halogens is 1. The maximum Gasteiger partial charge on any atom is 0.175 e. The molecule has 30 heavy (non-hydrogen) atoms. The molecule has 2 heterocycles. The molecule has 2 aromatic carbocycles. The zero-order chi connectivity index (χ0) is 21.1. The van der Waals surface area contributed by atoms with Gasteiger partial charge in [0, 0.05) is 41.3 Å². The zero-order valence-corrected chi connectivity index (χ0v) is 18.4. The largest absolute Gasteiger partial charge is 0.371 e. The van der Waals surface area contributed by atoms with Gasteiger partial charge in [0.25, 0.3) is 0 Å². The molecule has 0 aliphatic carbocycles. The van der Waals surface area contributed by atoms with Crippen LogP contribution >= 0.6 is 22.9 Å². The molecule has 0 saturated carbocycles. The normalized spacial score (nSPS) is 16.5. The predicted molar refractivity (Wildman–Crippen MR) is 123 cm³/mol. The number of rotatable bonds is 6. The lowest BCUT2D eigenvalue weighted by molar-refractivity contribution is 0.0959. The second-order valence-electron chi connectivity index (χ2n) is 7.70. The number of para-hydroxylation sites is 1. The van der Waals surface area contributed by atoms with E-state index in [0.29, 0.717) is 17.0 Å². The Morgan fingerprint density at radius 1 is 1.23 bits per heavy atom. The minimum absolute atomic E-state index is 0.153. The summed E-state index contributed by atoms with van der Waals surface area (Å²) in [6.45, 7) is 3.60. The second-order valence-corrected chi connectivity index (χ2v) is 9.13. The molecule has 1 unspecified atom stereocenters. The van der Waals surface area contributed by atoms with Crippen molar-refractivity contribution >= 4 is 40.7 Å². The molecule has 4 rings (SSSR count). The van der Waals surface area contributed by atoms with Gasteiger partial charge in [-0.3, -0.25) is 9.59 Å². The lowest BCUT2D eigenvalue weighted by atomic mass is 9.91. The molecule has 1 aromatic heterocycles. The molecule has 1 atom stereocenters. The highest BCUT2D eigenvalue weighted by molar-refractivity contribution is 7.17. The van der Waals surface area contributed by atoms with Crippen LogP contribution in [0.1, 0.15) is 45.0 Å². The van der Waals surface area contributed by atoms with Crippen LogP contribution in [0, 0.1) is 12.8 Å². The highest BCUT2D eigenvalue weighted by atomic mass is 35.5. The molecule has 1 fully saturated rings. The third kappa shape index (κ3) is 4.47. The number of anilines is 1. The Morgan fingerprint density at radius 2 is 2.00 bits per heavy atom. The molecule has 0 spiro atoms. The summed E-state index contributed by atoms with van der Waals surface area (Å²) in [7, 11) is 0. The summed E-state index contributed by atoms with van der Waals surface area (Å²) in [4.78, 5) is 32.1.